The number of carbonyl (C=O) groups is 1. The van der Waals surface area contributed by atoms with Gasteiger partial charge in [0.2, 0.25) is 5.91 Å². The molecule has 0 saturated heterocycles. The Balaban J connectivity index is 1.50. The molecule has 0 fully saturated rings. The summed E-state index contributed by atoms with van der Waals surface area (Å²) in [6, 6.07) is 12.2. The number of para-hydroxylation sites is 1. The molecule has 8 heteroatoms. The molecule has 166 valence electrons. The average molecular weight is 450 g/mol. The number of hydrogen-bond donors (Lipinski definition) is 1. The number of rotatable bonds is 7. The highest BCUT2D eigenvalue weighted by Crippen LogP contribution is 2.31. The van der Waals surface area contributed by atoms with E-state index in [0.29, 0.717) is 5.16 Å². The zero-order valence-corrected chi connectivity index (χ0v) is 19.8. The minimum atomic E-state index is -0.0881. The Morgan fingerprint density at radius 3 is 2.69 bits per heavy atom. The molecule has 0 aliphatic carbocycles. The number of anilines is 1. The van der Waals surface area contributed by atoms with Crippen molar-refractivity contribution in [3.63, 3.8) is 0 Å². The van der Waals surface area contributed by atoms with Crippen LogP contribution < -0.4 is 10.1 Å². The highest BCUT2D eigenvalue weighted by atomic mass is 32.2. The fourth-order valence-corrected chi connectivity index (χ4v) is 4.53. The number of benzene rings is 2. The maximum absolute atomic E-state index is 12.6. The Morgan fingerprint density at radius 1 is 1.16 bits per heavy atom. The van der Waals surface area contributed by atoms with Gasteiger partial charge in [0.05, 0.1) is 12.9 Å². The molecular weight excluding hydrogens is 422 g/mol. The number of nitrogens with one attached hydrogen (secondary N) is 1. The lowest BCUT2D eigenvalue weighted by atomic mass is 10.1. The summed E-state index contributed by atoms with van der Waals surface area (Å²) < 4.78 is 9.50. The SMILES string of the molecule is CCn1cc(-c2nnc(SCC(=O)Nc3cc(C)c(OC)cc3C)n2C)c2ccccc21. The van der Waals surface area contributed by atoms with Crippen molar-refractivity contribution in [1.82, 2.24) is 19.3 Å². The molecule has 2 heterocycles. The van der Waals surface area contributed by atoms with Crippen LogP contribution in [0.1, 0.15) is 18.1 Å². The number of amides is 1. The first-order valence-corrected chi connectivity index (χ1v) is 11.5. The highest BCUT2D eigenvalue weighted by molar-refractivity contribution is 7.99. The minimum absolute atomic E-state index is 0.0881. The third-order valence-corrected chi connectivity index (χ3v) is 6.57. The van der Waals surface area contributed by atoms with Crippen LogP contribution in [0.5, 0.6) is 5.75 Å². The molecule has 0 saturated carbocycles. The second kappa shape index (κ2) is 9.08. The summed E-state index contributed by atoms with van der Waals surface area (Å²) in [4.78, 5) is 12.6. The van der Waals surface area contributed by atoms with Crippen molar-refractivity contribution in [2.75, 3.05) is 18.2 Å². The van der Waals surface area contributed by atoms with Gasteiger partial charge in [-0.05, 0) is 50.1 Å². The van der Waals surface area contributed by atoms with E-state index < -0.39 is 0 Å². The van der Waals surface area contributed by atoms with Gasteiger partial charge in [0.15, 0.2) is 11.0 Å². The van der Waals surface area contributed by atoms with E-state index >= 15 is 0 Å². The maximum atomic E-state index is 12.6. The molecule has 4 rings (SSSR count). The van der Waals surface area contributed by atoms with E-state index in [-0.39, 0.29) is 11.7 Å². The third-order valence-electron chi connectivity index (χ3n) is 5.55. The van der Waals surface area contributed by atoms with E-state index in [2.05, 4.69) is 45.3 Å². The fourth-order valence-electron chi connectivity index (χ4n) is 3.82. The van der Waals surface area contributed by atoms with Crippen LogP contribution in [-0.4, -0.2) is 38.1 Å². The van der Waals surface area contributed by atoms with Gasteiger partial charge in [-0.15, -0.1) is 10.2 Å². The lowest BCUT2D eigenvalue weighted by molar-refractivity contribution is -0.113. The predicted octanol–water partition coefficient (Wildman–Crippen LogP) is 4.81. The summed E-state index contributed by atoms with van der Waals surface area (Å²) in [5.74, 6) is 1.76. The van der Waals surface area contributed by atoms with Crippen LogP contribution in [0, 0.1) is 13.8 Å². The first-order chi connectivity index (χ1) is 15.4. The lowest BCUT2D eigenvalue weighted by Crippen LogP contribution is -2.15. The second-order valence-corrected chi connectivity index (χ2v) is 8.63. The number of aromatic nitrogens is 4. The molecule has 0 spiro atoms. The van der Waals surface area contributed by atoms with Crippen molar-refractivity contribution in [3.05, 3.63) is 53.7 Å². The molecule has 0 aliphatic rings. The van der Waals surface area contributed by atoms with Gasteiger partial charge in [-0.25, -0.2) is 0 Å². The smallest absolute Gasteiger partial charge is 0.234 e. The van der Waals surface area contributed by atoms with E-state index in [0.717, 1.165) is 45.9 Å². The third kappa shape index (κ3) is 4.10. The topological polar surface area (TPSA) is 74.0 Å². The summed E-state index contributed by atoms with van der Waals surface area (Å²) in [6.07, 6.45) is 2.12. The number of methoxy groups -OCH3 is 1. The van der Waals surface area contributed by atoms with Crippen molar-refractivity contribution in [2.24, 2.45) is 7.05 Å². The van der Waals surface area contributed by atoms with Crippen LogP contribution in [-0.2, 0) is 18.4 Å². The second-order valence-electron chi connectivity index (χ2n) is 7.68. The number of aryl methyl sites for hydroxylation is 3. The zero-order valence-electron chi connectivity index (χ0n) is 19.0. The maximum Gasteiger partial charge on any atom is 0.234 e. The molecule has 0 radical (unpaired) electrons. The first-order valence-electron chi connectivity index (χ1n) is 10.5. The summed E-state index contributed by atoms with van der Waals surface area (Å²) in [6.45, 7) is 6.91. The van der Waals surface area contributed by atoms with Crippen molar-refractivity contribution >= 4 is 34.3 Å². The molecule has 0 atom stereocenters. The van der Waals surface area contributed by atoms with Crippen LogP contribution >= 0.6 is 11.8 Å². The fraction of sp³-hybridized carbons (Fsp3) is 0.292. The number of nitrogens with zero attached hydrogens (tertiary/aromatic N) is 4. The van der Waals surface area contributed by atoms with Crippen molar-refractivity contribution in [1.29, 1.82) is 0 Å². The summed E-state index contributed by atoms with van der Waals surface area (Å²) in [7, 11) is 3.58. The van der Waals surface area contributed by atoms with Gasteiger partial charge in [-0.2, -0.15) is 0 Å². The van der Waals surface area contributed by atoms with Crippen LogP contribution in [0.15, 0.2) is 47.8 Å². The molecule has 2 aromatic heterocycles. The number of carbonyl (C=O) groups excluding carboxylic acids is 1. The molecule has 32 heavy (non-hydrogen) atoms. The molecule has 4 aromatic rings. The van der Waals surface area contributed by atoms with Gasteiger partial charge < -0.3 is 19.2 Å². The molecule has 0 unspecified atom stereocenters. The van der Waals surface area contributed by atoms with E-state index in [4.69, 9.17) is 4.74 Å². The molecule has 1 N–H and O–H groups in total. The van der Waals surface area contributed by atoms with Crippen LogP contribution in [0.25, 0.3) is 22.3 Å². The van der Waals surface area contributed by atoms with Crippen molar-refractivity contribution in [2.45, 2.75) is 32.5 Å². The Hall–Kier alpha value is -3.26. The van der Waals surface area contributed by atoms with Crippen molar-refractivity contribution in [3.8, 4) is 17.1 Å². The predicted molar refractivity (Wildman–Crippen MR) is 129 cm³/mol. The van der Waals surface area contributed by atoms with Crippen LogP contribution in [0.2, 0.25) is 0 Å². The van der Waals surface area contributed by atoms with E-state index in [9.17, 15) is 4.79 Å². The van der Waals surface area contributed by atoms with E-state index in [1.807, 2.05) is 49.7 Å². The Labute approximate surface area is 191 Å². The van der Waals surface area contributed by atoms with Crippen LogP contribution in [0.3, 0.4) is 0 Å². The van der Waals surface area contributed by atoms with Gasteiger partial charge >= 0.3 is 0 Å². The first kappa shape index (κ1) is 22.0. The summed E-state index contributed by atoms with van der Waals surface area (Å²) >= 11 is 1.37. The number of fused-ring (bicyclic) bond motifs is 1. The quantitative estimate of drug-likeness (QED) is 0.410. The molecule has 7 nitrogen and oxygen atoms in total. The van der Waals surface area contributed by atoms with Gasteiger partial charge in [0, 0.05) is 41.9 Å². The van der Waals surface area contributed by atoms with Crippen LogP contribution in [0.4, 0.5) is 5.69 Å². The standard InChI is InChI=1S/C24H27N5O2S/c1-6-29-13-18(17-9-7-8-10-20(17)29)23-26-27-24(28(23)4)32-14-22(30)25-19-11-16(3)21(31-5)12-15(19)2/h7-13H,6,14H2,1-5H3,(H,25,30). The van der Waals surface area contributed by atoms with E-state index in [1.54, 1.807) is 7.11 Å². The minimum Gasteiger partial charge on any atom is -0.496 e. The Bertz CT molecular complexity index is 1290. The van der Waals surface area contributed by atoms with Gasteiger partial charge in [0.25, 0.3) is 0 Å². The summed E-state index contributed by atoms with van der Waals surface area (Å²) in [5, 5.41) is 13.6. The molecule has 0 bridgehead atoms. The van der Waals surface area contributed by atoms with Gasteiger partial charge in [-0.3, -0.25) is 4.79 Å². The average Bonchev–Trinajstić information content (AvgIpc) is 3.34. The molecular formula is C24H27N5O2S. The molecule has 0 aliphatic heterocycles. The number of ether oxygens (including phenoxy) is 1. The molecule has 2 aromatic carbocycles. The Kier molecular flexibility index (Phi) is 6.23. The largest absolute Gasteiger partial charge is 0.496 e. The monoisotopic (exact) mass is 449 g/mol. The number of hydrogen-bond acceptors (Lipinski definition) is 5. The van der Waals surface area contributed by atoms with Crippen molar-refractivity contribution < 1.29 is 9.53 Å². The molecule has 1 amide bonds. The summed E-state index contributed by atoms with van der Waals surface area (Å²) in [5.41, 5.74) is 4.94. The Morgan fingerprint density at radius 2 is 1.94 bits per heavy atom. The van der Waals surface area contributed by atoms with Gasteiger partial charge in [-0.1, -0.05) is 30.0 Å². The lowest BCUT2D eigenvalue weighted by Gasteiger charge is -2.12. The zero-order chi connectivity index (χ0) is 22.8. The highest BCUT2D eigenvalue weighted by Gasteiger charge is 2.17. The normalized spacial score (nSPS) is 11.2. The van der Waals surface area contributed by atoms with E-state index in [1.165, 1.54) is 17.3 Å². The van der Waals surface area contributed by atoms with Gasteiger partial charge in [0.1, 0.15) is 5.75 Å². The number of thioether (sulfide) groups is 1.